The summed E-state index contributed by atoms with van der Waals surface area (Å²) in [5, 5.41) is 10.4. The monoisotopic (exact) mass is 276 g/mol. The number of ether oxygens (including phenoxy) is 1. The van der Waals surface area contributed by atoms with E-state index in [1.807, 2.05) is 0 Å². The molecular weight excluding hydrogens is 266 g/mol. The molecule has 2 amide bonds. The predicted molar refractivity (Wildman–Crippen MR) is 58.8 cm³/mol. The van der Waals surface area contributed by atoms with E-state index in [0.717, 1.165) is 0 Å². The van der Waals surface area contributed by atoms with Crippen molar-refractivity contribution in [3.63, 3.8) is 0 Å². The summed E-state index contributed by atoms with van der Waals surface area (Å²) >= 11 is 0. The number of hydroxylamine groups is 1. The summed E-state index contributed by atoms with van der Waals surface area (Å²) in [6.45, 7) is -3.77. The third-order valence-electron chi connectivity index (χ3n) is 1.71. The Bertz CT molecular complexity index is 455. The number of halogens is 2. The normalized spacial score (nSPS) is 10.1. The van der Waals surface area contributed by atoms with Crippen molar-refractivity contribution in [1.82, 2.24) is 5.48 Å². The highest BCUT2D eigenvalue weighted by Gasteiger charge is 2.11. The van der Waals surface area contributed by atoms with Gasteiger partial charge in [-0.2, -0.15) is 8.78 Å². The minimum Gasteiger partial charge on any atom is -0.479 e. The molecular formula is C10H10F2N2O5. The van der Waals surface area contributed by atoms with E-state index >= 15 is 0 Å². The number of anilines is 1. The molecule has 0 radical (unpaired) electrons. The van der Waals surface area contributed by atoms with E-state index in [4.69, 9.17) is 5.11 Å². The number of benzene rings is 1. The number of alkyl halides is 2. The van der Waals surface area contributed by atoms with Gasteiger partial charge in [0.15, 0.2) is 6.61 Å². The summed E-state index contributed by atoms with van der Waals surface area (Å²) in [4.78, 5) is 25.7. The van der Waals surface area contributed by atoms with Crippen molar-refractivity contribution >= 4 is 17.7 Å². The van der Waals surface area contributed by atoms with E-state index in [9.17, 15) is 18.4 Å². The summed E-state index contributed by atoms with van der Waals surface area (Å²) in [5.41, 5.74) is 1.75. The van der Waals surface area contributed by atoms with Gasteiger partial charge in [-0.3, -0.25) is 4.84 Å². The molecule has 3 N–H and O–H groups in total. The molecule has 1 rings (SSSR count). The van der Waals surface area contributed by atoms with Gasteiger partial charge < -0.3 is 15.2 Å². The summed E-state index contributed by atoms with van der Waals surface area (Å²) in [6, 6.07) is 4.58. The summed E-state index contributed by atoms with van der Waals surface area (Å²) in [6.07, 6.45) is 0. The predicted octanol–water partition coefficient (Wildman–Crippen LogP) is 1.43. The van der Waals surface area contributed by atoms with Crippen LogP contribution >= 0.6 is 0 Å². The Hall–Kier alpha value is -2.42. The van der Waals surface area contributed by atoms with Crippen LogP contribution in [0.3, 0.4) is 0 Å². The molecule has 0 saturated carbocycles. The molecule has 9 heteroatoms. The van der Waals surface area contributed by atoms with Gasteiger partial charge in [-0.05, 0) is 12.1 Å². The second kappa shape index (κ2) is 7.11. The Morgan fingerprint density at radius 1 is 1.32 bits per heavy atom. The average Bonchev–Trinajstić information content (AvgIpc) is 2.30. The van der Waals surface area contributed by atoms with Crippen molar-refractivity contribution in [1.29, 1.82) is 0 Å². The van der Waals surface area contributed by atoms with Crippen LogP contribution in [0.2, 0.25) is 0 Å². The first-order valence-corrected chi connectivity index (χ1v) is 4.93. The number of aliphatic carboxylic acids is 1. The smallest absolute Gasteiger partial charge is 0.387 e. The van der Waals surface area contributed by atoms with Crippen molar-refractivity contribution in [2.24, 2.45) is 0 Å². The van der Waals surface area contributed by atoms with Crippen molar-refractivity contribution in [2.45, 2.75) is 6.61 Å². The SMILES string of the molecule is O=C(O)CONC(=O)Nc1ccccc1OC(F)F. The molecule has 0 fully saturated rings. The summed E-state index contributed by atoms with van der Waals surface area (Å²) in [7, 11) is 0. The highest BCUT2D eigenvalue weighted by atomic mass is 19.3. The van der Waals surface area contributed by atoms with Crippen LogP contribution in [-0.4, -0.2) is 30.3 Å². The van der Waals surface area contributed by atoms with Crippen LogP contribution < -0.4 is 15.5 Å². The number of hydrogen-bond donors (Lipinski definition) is 3. The van der Waals surface area contributed by atoms with E-state index in [1.54, 1.807) is 5.48 Å². The van der Waals surface area contributed by atoms with Crippen molar-refractivity contribution < 1.29 is 33.1 Å². The highest BCUT2D eigenvalue weighted by Crippen LogP contribution is 2.25. The second-order valence-corrected chi connectivity index (χ2v) is 3.11. The van der Waals surface area contributed by atoms with Crippen LogP contribution in [0.15, 0.2) is 24.3 Å². The highest BCUT2D eigenvalue weighted by molar-refractivity contribution is 5.90. The quantitative estimate of drug-likeness (QED) is 0.683. The van der Waals surface area contributed by atoms with E-state index < -0.39 is 25.2 Å². The zero-order chi connectivity index (χ0) is 14.3. The van der Waals surface area contributed by atoms with Crippen molar-refractivity contribution in [3.05, 3.63) is 24.3 Å². The third-order valence-corrected chi connectivity index (χ3v) is 1.71. The summed E-state index contributed by atoms with van der Waals surface area (Å²) < 4.78 is 28.4. The first-order valence-electron chi connectivity index (χ1n) is 4.93. The fourth-order valence-corrected chi connectivity index (χ4v) is 1.08. The van der Waals surface area contributed by atoms with Crippen molar-refractivity contribution in [2.75, 3.05) is 11.9 Å². The van der Waals surface area contributed by atoms with Crippen LogP contribution in [0.1, 0.15) is 0 Å². The number of rotatable bonds is 6. The maximum Gasteiger partial charge on any atom is 0.387 e. The number of urea groups is 1. The molecule has 104 valence electrons. The fourth-order valence-electron chi connectivity index (χ4n) is 1.08. The molecule has 0 aliphatic carbocycles. The van der Waals surface area contributed by atoms with E-state index in [-0.39, 0.29) is 11.4 Å². The van der Waals surface area contributed by atoms with Crippen LogP contribution in [0.25, 0.3) is 0 Å². The minimum atomic E-state index is -3.03. The number of nitrogens with one attached hydrogen (secondary N) is 2. The molecule has 0 unspecified atom stereocenters. The molecule has 0 atom stereocenters. The molecule has 0 aliphatic heterocycles. The maximum atomic E-state index is 12.1. The zero-order valence-corrected chi connectivity index (χ0v) is 9.43. The van der Waals surface area contributed by atoms with E-state index in [2.05, 4.69) is 14.9 Å². The number of hydrogen-bond acceptors (Lipinski definition) is 4. The van der Waals surface area contributed by atoms with Gasteiger partial charge in [0.2, 0.25) is 0 Å². The molecule has 0 aliphatic rings. The van der Waals surface area contributed by atoms with Gasteiger partial charge in [0.05, 0.1) is 5.69 Å². The molecule has 0 heterocycles. The van der Waals surface area contributed by atoms with Gasteiger partial charge in [-0.25, -0.2) is 15.1 Å². The van der Waals surface area contributed by atoms with Crippen LogP contribution in [0.4, 0.5) is 19.3 Å². The van der Waals surface area contributed by atoms with E-state index in [1.165, 1.54) is 24.3 Å². The minimum absolute atomic E-state index is 0.0146. The molecule has 0 saturated heterocycles. The van der Waals surface area contributed by atoms with Crippen LogP contribution in [-0.2, 0) is 9.63 Å². The molecule has 7 nitrogen and oxygen atoms in total. The Balaban J connectivity index is 2.56. The lowest BCUT2D eigenvalue weighted by Gasteiger charge is -2.11. The standard InChI is InChI=1S/C10H10F2N2O5/c11-9(12)19-7-4-2-1-3-6(7)13-10(17)14-18-5-8(15)16/h1-4,9H,5H2,(H,15,16)(H2,13,14,17). The van der Waals surface area contributed by atoms with Gasteiger partial charge in [0.25, 0.3) is 0 Å². The topological polar surface area (TPSA) is 96.9 Å². The molecule has 1 aromatic carbocycles. The largest absolute Gasteiger partial charge is 0.479 e. The Morgan fingerprint density at radius 3 is 2.63 bits per heavy atom. The Kier molecular flexibility index (Phi) is 5.48. The second-order valence-electron chi connectivity index (χ2n) is 3.11. The lowest BCUT2D eigenvalue weighted by atomic mass is 10.3. The molecule has 1 aromatic rings. The lowest BCUT2D eigenvalue weighted by molar-refractivity contribution is -0.143. The zero-order valence-electron chi connectivity index (χ0n) is 9.43. The van der Waals surface area contributed by atoms with Crippen LogP contribution in [0.5, 0.6) is 5.75 Å². The number of carboxylic acid groups (broad SMARTS) is 1. The van der Waals surface area contributed by atoms with Crippen molar-refractivity contribution in [3.8, 4) is 5.75 Å². The average molecular weight is 276 g/mol. The number of carbonyl (C=O) groups is 2. The fraction of sp³-hybridized carbons (Fsp3) is 0.200. The van der Waals surface area contributed by atoms with Gasteiger partial charge in [-0.15, -0.1) is 0 Å². The number of carbonyl (C=O) groups excluding carboxylic acids is 1. The van der Waals surface area contributed by atoms with E-state index in [0.29, 0.717) is 0 Å². The molecule has 19 heavy (non-hydrogen) atoms. The molecule has 0 aromatic heterocycles. The first-order chi connectivity index (χ1) is 8.99. The van der Waals surface area contributed by atoms with Crippen LogP contribution in [0, 0.1) is 0 Å². The number of para-hydroxylation sites is 2. The number of carboxylic acids is 1. The Labute approximate surface area is 106 Å². The molecule has 0 bridgehead atoms. The maximum absolute atomic E-state index is 12.1. The van der Waals surface area contributed by atoms with Gasteiger partial charge in [-0.1, -0.05) is 12.1 Å². The number of amides is 2. The first kappa shape index (κ1) is 14.6. The summed E-state index contributed by atoms with van der Waals surface area (Å²) in [5.74, 6) is -1.51. The lowest BCUT2D eigenvalue weighted by Crippen LogP contribution is -2.31. The Morgan fingerprint density at radius 2 is 2.00 bits per heavy atom. The molecule has 0 spiro atoms. The van der Waals surface area contributed by atoms with Gasteiger partial charge >= 0.3 is 18.6 Å². The van der Waals surface area contributed by atoms with Gasteiger partial charge in [0, 0.05) is 0 Å². The van der Waals surface area contributed by atoms with Gasteiger partial charge in [0.1, 0.15) is 5.75 Å². The third kappa shape index (κ3) is 5.64.